The van der Waals surface area contributed by atoms with Gasteiger partial charge in [-0.3, -0.25) is 4.79 Å². The van der Waals surface area contributed by atoms with Crippen molar-refractivity contribution in [1.82, 2.24) is 10.2 Å². The molecule has 1 aliphatic rings. The zero-order chi connectivity index (χ0) is 14.5. The fraction of sp³-hybridized carbons (Fsp3) is 0.562. The summed E-state index contributed by atoms with van der Waals surface area (Å²) in [5, 5.41) is 3.04. The smallest absolute Gasteiger partial charge is 0.237 e. The minimum absolute atomic E-state index is 0.0377. The second-order valence-electron chi connectivity index (χ2n) is 5.57. The van der Waals surface area contributed by atoms with Crippen molar-refractivity contribution in [1.29, 1.82) is 0 Å². The van der Waals surface area contributed by atoms with Gasteiger partial charge in [0.2, 0.25) is 5.91 Å². The van der Waals surface area contributed by atoms with Crippen molar-refractivity contribution in [3.05, 3.63) is 35.4 Å². The number of likely N-dealkylation sites (N-methyl/N-ethyl adjacent to an activating group) is 1. The number of nitrogens with one attached hydrogen (secondary N) is 1. The molecule has 4 heteroatoms. The van der Waals surface area contributed by atoms with Gasteiger partial charge in [-0.1, -0.05) is 24.3 Å². The standard InChI is InChI=1S/C16H24N2OS/c1-12(2)18(3)10-9-17-16(19)15-14-7-5-4-6-13(14)8-11-20-15/h4-7,12,15H,8-11H2,1-3H3,(H,17,19). The van der Waals surface area contributed by atoms with Crippen LogP contribution in [0.2, 0.25) is 0 Å². The number of aryl methyl sites for hydroxylation is 1. The highest BCUT2D eigenvalue weighted by atomic mass is 32.2. The lowest BCUT2D eigenvalue weighted by molar-refractivity contribution is -0.120. The lowest BCUT2D eigenvalue weighted by Gasteiger charge is -2.25. The SMILES string of the molecule is CC(C)N(C)CCNC(=O)C1SCCc2ccccc21. The van der Waals surface area contributed by atoms with E-state index in [2.05, 4.69) is 49.3 Å². The van der Waals surface area contributed by atoms with Crippen molar-refractivity contribution in [2.24, 2.45) is 0 Å². The molecule has 0 spiro atoms. The maximum absolute atomic E-state index is 12.4. The lowest BCUT2D eigenvalue weighted by atomic mass is 10.0. The third-order valence-corrected chi connectivity index (χ3v) is 5.12. The van der Waals surface area contributed by atoms with Crippen LogP contribution < -0.4 is 5.32 Å². The predicted octanol–water partition coefficient (Wildman–Crippen LogP) is 2.47. The number of carbonyl (C=O) groups excluding carboxylic acids is 1. The number of nitrogens with zero attached hydrogens (tertiary/aromatic N) is 1. The van der Waals surface area contributed by atoms with Crippen LogP contribution in [0.4, 0.5) is 0 Å². The van der Waals surface area contributed by atoms with Crippen LogP contribution in [0.5, 0.6) is 0 Å². The Kier molecular flexibility index (Phi) is 5.49. The molecule has 110 valence electrons. The van der Waals surface area contributed by atoms with Gasteiger partial charge < -0.3 is 10.2 Å². The quantitative estimate of drug-likeness (QED) is 0.905. The number of fused-ring (bicyclic) bond motifs is 1. The molecule has 0 aromatic heterocycles. The molecule has 0 bridgehead atoms. The van der Waals surface area contributed by atoms with Crippen molar-refractivity contribution in [3.8, 4) is 0 Å². The topological polar surface area (TPSA) is 32.3 Å². The van der Waals surface area contributed by atoms with Crippen molar-refractivity contribution in [3.63, 3.8) is 0 Å². The Morgan fingerprint density at radius 1 is 1.45 bits per heavy atom. The highest BCUT2D eigenvalue weighted by Gasteiger charge is 2.26. The maximum atomic E-state index is 12.4. The minimum atomic E-state index is -0.0377. The molecule has 1 aromatic rings. The Morgan fingerprint density at radius 2 is 2.20 bits per heavy atom. The van der Waals surface area contributed by atoms with Gasteiger partial charge >= 0.3 is 0 Å². The number of rotatable bonds is 5. The van der Waals surface area contributed by atoms with Crippen molar-refractivity contribution in [2.75, 3.05) is 25.9 Å². The number of benzene rings is 1. The van der Waals surface area contributed by atoms with Gasteiger partial charge in [0.25, 0.3) is 0 Å². The first-order valence-corrected chi connectivity index (χ1v) is 8.32. The second-order valence-corrected chi connectivity index (χ2v) is 6.78. The summed E-state index contributed by atoms with van der Waals surface area (Å²) >= 11 is 1.75. The van der Waals surface area contributed by atoms with Gasteiger partial charge in [-0.15, -0.1) is 11.8 Å². The summed E-state index contributed by atoms with van der Waals surface area (Å²) in [6.07, 6.45) is 1.07. The number of carbonyl (C=O) groups is 1. The van der Waals surface area contributed by atoms with Crippen molar-refractivity contribution in [2.45, 2.75) is 31.6 Å². The molecule has 1 aliphatic heterocycles. The van der Waals surface area contributed by atoms with E-state index in [1.54, 1.807) is 11.8 Å². The highest BCUT2D eigenvalue weighted by Crippen LogP contribution is 2.36. The third kappa shape index (κ3) is 3.76. The average molecular weight is 292 g/mol. The largest absolute Gasteiger partial charge is 0.354 e. The summed E-state index contributed by atoms with van der Waals surface area (Å²) in [7, 11) is 2.08. The summed E-state index contributed by atoms with van der Waals surface area (Å²) in [6.45, 7) is 5.93. The van der Waals surface area contributed by atoms with Gasteiger partial charge in [0.1, 0.15) is 5.25 Å². The van der Waals surface area contributed by atoms with Gasteiger partial charge in [-0.05, 0) is 44.2 Å². The monoisotopic (exact) mass is 292 g/mol. The van der Waals surface area contributed by atoms with E-state index in [1.807, 2.05) is 6.07 Å². The minimum Gasteiger partial charge on any atom is -0.354 e. The van der Waals surface area contributed by atoms with Crippen LogP contribution in [0.3, 0.4) is 0 Å². The van der Waals surface area contributed by atoms with Crippen LogP contribution in [-0.4, -0.2) is 42.7 Å². The molecule has 1 aromatic carbocycles. The van der Waals surface area contributed by atoms with E-state index in [0.717, 1.165) is 18.7 Å². The first-order chi connectivity index (χ1) is 9.59. The average Bonchev–Trinajstić information content (AvgIpc) is 2.46. The van der Waals surface area contributed by atoms with Crippen LogP contribution in [0.1, 0.15) is 30.2 Å². The summed E-state index contributed by atoms with van der Waals surface area (Å²) in [4.78, 5) is 14.6. The lowest BCUT2D eigenvalue weighted by Crippen LogP contribution is -2.38. The van der Waals surface area contributed by atoms with Gasteiger partial charge in [0.05, 0.1) is 0 Å². The molecule has 1 N–H and O–H groups in total. The Balaban J connectivity index is 1.91. The molecule has 1 amide bonds. The summed E-state index contributed by atoms with van der Waals surface area (Å²) in [5.41, 5.74) is 2.52. The van der Waals surface area contributed by atoms with E-state index in [1.165, 1.54) is 11.1 Å². The number of hydrogen-bond acceptors (Lipinski definition) is 3. The summed E-state index contributed by atoms with van der Waals surface area (Å²) in [5.74, 6) is 1.18. The molecule has 0 radical (unpaired) electrons. The second kappa shape index (κ2) is 7.14. The normalized spacial score (nSPS) is 18.1. The third-order valence-electron chi connectivity index (χ3n) is 3.88. The fourth-order valence-electron chi connectivity index (χ4n) is 2.32. The molecule has 3 nitrogen and oxygen atoms in total. The fourth-order valence-corrected chi connectivity index (χ4v) is 3.54. The zero-order valence-electron chi connectivity index (χ0n) is 12.6. The van der Waals surface area contributed by atoms with E-state index in [-0.39, 0.29) is 11.2 Å². The molecule has 0 aliphatic carbocycles. The molecule has 0 fully saturated rings. The Bertz CT molecular complexity index is 462. The maximum Gasteiger partial charge on any atom is 0.237 e. The van der Waals surface area contributed by atoms with Crippen LogP contribution in [0.15, 0.2) is 24.3 Å². The predicted molar refractivity (Wildman–Crippen MR) is 86.1 cm³/mol. The molecule has 2 rings (SSSR count). The Hall–Kier alpha value is -1.00. The number of hydrogen-bond donors (Lipinski definition) is 1. The van der Waals surface area contributed by atoms with Crippen LogP contribution in [0.25, 0.3) is 0 Å². The van der Waals surface area contributed by atoms with E-state index in [4.69, 9.17) is 0 Å². The van der Waals surface area contributed by atoms with Crippen molar-refractivity contribution >= 4 is 17.7 Å². The van der Waals surface area contributed by atoms with E-state index in [0.29, 0.717) is 12.6 Å². The van der Waals surface area contributed by atoms with E-state index < -0.39 is 0 Å². The number of amides is 1. The molecule has 1 atom stereocenters. The van der Waals surface area contributed by atoms with Crippen LogP contribution >= 0.6 is 11.8 Å². The van der Waals surface area contributed by atoms with Gasteiger partial charge in [0, 0.05) is 19.1 Å². The van der Waals surface area contributed by atoms with Gasteiger partial charge in [-0.25, -0.2) is 0 Å². The molecule has 0 saturated carbocycles. The van der Waals surface area contributed by atoms with Gasteiger partial charge in [-0.2, -0.15) is 0 Å². The van der Waals surface area contributed by atoms with E-state index >= 15 is 0 Å². The van der Waals surface area contributed by atoms with Gasteiger partial charge in [0.15, 0.2) is 0 Å². The molecular formula is C16H24N2OS. The summed E-state index contributed by atoms with van der Waals surface area (Å²) in [6, 6.07) is 8.82. The Labute approximate surface area is 126 Å². The van der Waals surface area contributed by atoms with Crippen molar-refractivity contribution < 1.29 is 4.79 Å². The molecule has 20 heavy (non-hydrogen) atoms. The molecule has 0 saturated heterocycles. The molecule has 1 unspecified atom stereocenters. The van der Waals surface area contributed by atoms with E-state index in [9.17, 15) is 4.79 Å². The molecule has 1 heterocycles. The Morgan fingerprint density at radius 3 is 2.95 bits per heavy atom. The van der Waals surface area contributed by atoms with Crippen LogP contribution in [-0.2, 0) is 11.2 Å². The van der Waals surface area contributed by atoms with Crippen LogP contribution in [0, 0.1) is 0 Å². The zero-order valence-corrected chi connectivity index (χ0v) is 13.4. The number of thioether (sulfide) groups is 1. The highest BCUT2D eigenvalue weighted by molar-refractivity contribution is 8.00. The summed E-state index contributed by atoms with van der Waals surface area (Å²) < 4.78 is 0. The first-order valence-electron chi connectivity index (χ1n) is 7.27. The first kappa shape index (κ1) is 15.4. The molecular weight excluding hydrogens is 268 g/mol.